The minimum atomic E-state index is -0.889. The summed E-state index contributed by atoms with van der Waals surface area (Å²) in [6, 6.07) is 0. The summed E-state index contributed by atoms with van der Waals surface area (Å²) < 4.78 is -0.889. The molecule has 5 heavy (non-hydrogen) atoms. The second-order valence-corrected chi connectivity index (χ2v) is 1.11. The molecule has 0 aliphatic heterocycles. The van der Waals surface area contributed by atoms with Gasteiger partial charge in [-0.1, -0.05) is 0 Å². The highest BCUT2D eigenvalue weighted by Gasteiger charge is 1.72. The first-order valence-corrected chi connectivity index (χ1v) is 1.34. The van der Waals surface area contributed by atoms with Crippen LogP contribution in [-0.4, -0.2) is 4.70 Å². The molecule has 0 heterocycles. The predicted molar refractivity (Wildman–Crippen MR) is 27.5 cm³/mol. The molecule has 0 bridgehead atoms. The van der Waals surface area contributed by atoms with Crippen LogP contribution in [0.3, 0.4) is 0 Å². The van der Waals surface area contributed by atoms with E-state index in [-0.39, 0.29) is 13.5 Å². The van der Waals surface area contributed by atoms with Crippen molar-refractivity contribution < 1.29 is 4.79 Å². The molecule has 1 nitrogen and oxygen atoms in total. The van der Waals surface area contributed by atoms with Gasteiger partial charge in [0.05, 0.1) is 0 Å². The van der Waals surface area contributed by atoms with Crippen molar-refractivity contribution in [3.8, 4) is 0 Å². The van der Waals surface area contributed by atoms with Crippen LogP contribution >= 0.6 is 36.7 Å². The Morgan fingerprint density at radius 3 is 1.40 bits per heavy atom. The summed E-state index contributed by atoms with van der Waals surface area (Å²) >= 11 is 8.80. The molecule has 4 heteroatoms. The summed E-state index contributed by atoms with van der Waals surface area (Å²) in [6.07, 6.45) is 0. The molecule has 0 unspecified atom stereocenters. The SMILES string of the molecule is O=C(Cl)Cl.S. The van der Waals surface area contributed by atoms with Crippen molar-refractivity contribution in [3.05, 3.63) is 0 Å². The number of carbonyl (C=O) groups is 1. The van der Waals surface area contributed by atoms with Gasteiger partial charge in [0.25, 0.3) is 0 Å². The fourth-order valence-electron chi connectivity index (χ4n) is 0. The van der Waals surface area contributed by atoms with E-state index < -0.39 is 4.70 Å². The van der Waals surface area contributed by atoms with Gasteiger partial charge in [-0.15, -0.1) is 0 Å². The summed E-state index contributed by atoms with van der Waals surface area (Å²) in [5.41, 5.74) is 0. The Kier molecular flexibility index (Phi) is 8.41. The zero-order chi connectivity index (χ0) is 3.58. The number of carbonyl (C=O) groups excluding carboxylic acids is 1. The van der Waals surface area contributed by atoms with Gasteiger partial charge in [-0.25, -0.2) is 0 Å². The normalized spacial score (nSPS) is 5.20. The van der Waals surface area contributed by atoms with Gasteiger partial charge in [-0.3, -0.25) is 4.79 Å². The van der Waals surface area contributed by atoms with Crippen molar-refractivity contribution in [1.82, 2.24) is 0 Å². The molecule has 0 aliphatic rings. The smallest absolute Gasteiger partial charge is 0.262 e. The van der Waals surface area contributed by atoms with Crippen molar-refractivity contribution in [2.75, 3.05) is 0 Å². The zero-order valence-electron chi connectivity index (χ0n) is 2.16. The van der Waals surface area contributed by atoms with Crippen LogP contribution in [-0.2, 0) is 0 Å². The van der Waals surface area contributed by atoms with E-state index >= 15 is 0 Å². The van der Waals surface area contributed by atoms with E-state index in [2.05, 4.69) is 23.2 Å². The van der Waals surface area contributed by atoms with E-state index in [0.717, 1.165) is 0 Å². The molecule has 0 aromatic rings. The van der Waals surface area contributed by atoms with Crippen molar-refractivity contribution in [2.45, 2.75) is 0 Å². The number of halogens is 2. The quantitative estimate of drug-likeness (QED) is 0.459. The maximum absolute atomic E-state index is 8.98. The fraction of sp³-hybridized carbons (Fsp3) is 0. The van der Waals surface area contributed by atoms with Gasteiger partial charge >= 0.3 is 4.70 Å². The van der Waals surface area contributed by atoms with Crippen LogP contribution in [0.25, 0.3) is 0 Å². The third-order valence-electron chi connectivity index (χ3n) is 0. The van der Waals surface area contributed by atoms with Crippen molar-refractivity contribution >= 4 is 41.4 Å². The lowest BCUT2D eigenvalue weighted by atomic mass is 11.8. The molecule has 0 saturated heterocycles. The Morgan fingerprint density at radius 1 is 1.40 bits per heavy atom. The Labute approximate surface area is 46.7 Å². The van der Waals surface area contributed by atoms with E-state index in [9.17, 15) is 0 Å². The zero-order valence-corrected chi connectivity index (χ0v) is 4.68. The molecule has 32 valence electrons. The van der Waals surface area contributed by atoms with Crippen LogP contribution in [0.1, 0.15) is 0 Å². The maximum atomic E-state index is 8.98. The van der Waals surface area contributed by atoms with E-state index in [1.807, 2.05) is 0 Å². The van der Waals surface area contributed by atoms with Crippen LogP contribution in [0.15, 0.2) is 0 Å². The summed E-state index contributed by atoms with van der Waals surface area (Å²) in [4.78, 5) is 8.98. The summed E-state index contributed by atoms with van der Waals surface area (Å²) in [5, 5.41) is 0. The molecule has 0 amide bonds. The highest BCUT2D eigenvalue weighted by atomic mass is 35.5. The van der Waals surface area contributed by atoms with E-state index in [1.54, 1.807) is 0 Å². The molecule has 0 atom stereocenters. The minimum absolute atomic E-state index is 0. The van der Waals surface area contributed by atoms with Crippen molar-refractivity contribution in [3.63, 3.8) is 0 Å². The van der Waals surface area contributed by atoms with Crippen LogP contribution in [0, 0.1) is 0 Å². The van der Waals surface area contributed by atoms with Crippen molar-refractivity contribution in [1.29, 1.82) is 0 Å². The Hall–Kier alpha value is 0.600. The van der Waals surface area contributed by atoms with Crippen LogP contribution in [0.2, 0.25) is 0 Å². The fourth-order valence-corrected chi connectivity index (χ4v) is 0. The topological polar surface area (TPSA) is 17.1 Å². The van der Waals surface area contributed by atoms with Crippen LogP contribution in [0.4, 0.5) is 4.79 Å². The third-order valence-corrected chi connectivity index (χ3v) is 0. The first kappa shape index (κ1) is 9.14. The third kappa shape index (κ3) is 86.4. The number of hydrogen-bond acceptors (Lipinski definition) is 1. The Bertz CT molecular complexity index is 32.6. The molecule has 0 aromatic heterocycles. The molecule has 0 rings (SSSR count). The van der Waals surface area contributed by atoms with E-state index in [4.69, 9.17) is 4.79 Å². The first-order valence-electron chi connectivity index (χ1n) is 0.582. The molecular weight excluding hydrogens is 131 g/mol. The maximum Gasteiger partial charge on any atom is 0.313 e. The van der Waals surface area contributed by atoms with Crippen LogP contribution in [0.5, 0.6) is 0 Å². The van der Waals surface area contributed by atoms with E-state index in [0.29, 0.717) is 0 Å². The Morgan fingerprint density at radius 2 is 1.40 bits per heavy atom. The molecule has 0 saturated carbocycles. The monoisotopic (exact) mass is 132 g/mol. The standard InChI is InChI=1S/CCl2O.H2S/c2-1(3)4;/h;1H2. The minimum Gasteiger partial charge on any atom is -0.262 e. The molecule has 0 aromatic carbocycles. The highest BCUT2D eigenvalue weighted by molar-refractivity contribution is 7.59. The lowest BCUT2D eigenvalue weighted by Gasteiger charge is -1.48. The molecule has 0 N–H and O–H groups in total. The van der Waals surface area contributed by atoms with Gasteiger partial charge in [0, 0.05) is 0 Å². The second kappa shape index (κ2) is 4.60. The molecule has 0 fully saturated rings. The van der Waals surface area contributed by atoms with E-state index in [1.165, 1.54) is 0 Å². The lowest BCUT2D eigenvalue weighted by molar-refractivity contribution is 0.275. The largest absolute Gasteiger partial charge is 0.313 e. The van der Waals surface area contributed by atoms with Gasteiger partial charge in [-0.05, 0) is 23.2 Å². The molecule has 0 spiro atoms. The van der Waals surface area contributed by atoms with Gasteiger partial charge < -0.3 is 0 Å². The van der Waals surface area contributed by atoms with Gasteiger partial charge in [0.1, 0.15) is 0 Å². The van der Waals surface area contributed by atoms with Gasteiger partial charge in [0.15, 0.2) is 0 Å². The van der Waals surface area contributed by atoms with Crippen LogP contribution < -0.4 is 0 Å². The van der Waals surface area contributed by atoms with Gasteiger partial charge in [0.2, 0.25) is 0 Å². The highest BCUT2D eigenvalue weighted by Crippen LogP contribution is 1.84. The first-order chi connectivity index (χ1) is 1.73. The predicted octanol–water partition coefficient (Wildman–Crippen LogP) is 1.70. The summed E-state index contributed by atoms with van der Waals surface area (Å²) in [6.45, 7) is 0. The number of hydrogen-bond donors (Lipinski definition) is 0. The average Bonchev–Trinajstić information content (AvgIpc) is 0.811. The average molecular weight is 133 g/mol. The van der Waals surface area contributed by atoms with Gasteiger partial charge in [-0.2, -0.15) is 13.5 Å². The van der Waals surface area contributed by atoms with Crippen molar-refractivity contribution in [2.24, 2.45) is 0 Å². The Balaban J connectivity index is 0. The summed E-state index contributed by atoms with van der Waals surface area (Å²) in [5.74, 6) is 0. The molecule has 0 aliphatic carbocycles. The summed E-state index contributed by atoms with van der Waals surface area (Å²) in [7, 11) is 0. The second-order valence-electron chi connectivity index (χ2n) is 0.226. The lowest BCUT2D eigenvalue weighted by Crippen LogP contribution is -1.46. The number of rotatable bonds is 0. The molecule has 0 radical (unpaired) electrons. The molecular formula is CH2Cl2OS.